The molecule has 0 saturated carbocycles. The van der Waals surface area contributed by atoms with E-state index in [1.165, 1.54) is 16.9 Å². The molecule has 1 heterocycles. The molecule has 0 radical (unpaired) electrons. The van der Waals surface area contributed by atoms with Gasteiger partial charge < -0.3 is 9.30 Å². The van der Waals surface area contributed by atoms with Crippen LogP contribution in [0.2, 0.25) is 0 Å². The number of carbonyl (C=O) groups is 2. The van der Waals surface area contributed by atoms with Gasteiger partial charge in [-0.3, -0.25) is 9.59 Å². The molecule has 0 aliphatic heterocycles. The Bertz CT molecular complexity index is 1070. The summed E-state index contributed by atoms with van der Waals surface area (Å²) >= 11 is 4.84. The van der Waals surface area contributed by atoms with Crippen molar-refractivity contribution in [1.82, 2.24) is 4.57 Å². The molecule has 1 amide bonds. The van der Waals surface area contributed by atoms with Crippen molar-refractivity contribution in [2.24, 2.45) is 4.99 Å². The molecule has 0 fully saturated rings. The Hall–Kier alpha value is -2.25. The maximum absolute atomic E-state index is 12.5. The first kappa shape index (κ1) is 20.5. The Labute approximate surface area is 175 Å². The molecule has 7 heteroatoms. The molecule has 5 nitrogen and oxygen atoms in total. The van der Waals surface area contributed by atoms with Crippen molar-refractivity contribution in [2.75, 3.05) is 6.61 Å². The topological polar surface area (TPSA) is 60.7 Å². The number of nitrogens with zero attached hydrogens (tertiary/aromatic N) is 2. The van der Waals surface area contributed by atoms with Crippen LogP contribution in [0.15, 0.2) is 51.9 Å². The number of amides is 1. The van der Waals surface area contributed by atoms with Crippen LogP contribution in [0.5, 0.6) is 0 Å². The molecule has 28 heavy (non-hydrogen) atoms. The van der Waals surface area contributed by atoms with Crippen LogP contribution in [-0.4, -0.2) is 23.1 Å². The first-order chi connectivity index (χ1) is 13.5. The summed E-state index contributed by atoms with van der Waals surface area (Å²) in [7, 11) is 0. The van der Waals surface area contributed by atoms with Crippen molar-refractivity contribution >= 4 is 49.4 Å². The average Bonchev–Trinajstić information content (AvgIpc) is 2.98. The van der Waals surface area contributed by atoms with Gasteiger partial charge in [0, 0.05) is 4.47 Å². The van der Waals surface area contributed by atoms with Gasteiger partial charge in [0.05, 0.1) is 23.2 Å². The second kappa shape index (κ2) is 9.30. The number of aromatic nitrogens is 1. The molecule has 0 N–H and O–H groups in total. The van der Waals surface area contributed by atoms with Gasteiger partial charge in [-0.05, 0) is 42.7 Å². The Morgan fingerprint density at radius 3 is 2.50 bits per heavy atom. The van der Waals surface area contributed by atoms with Crippen molar-refractivity contribution in [3.63, 3.8) is 0 Å². The number of benzene rings is 2. The molecular weight excluding hydrogens is 440 g/mol. The summed E-state index contributed by atoms with van der Waals surface area (Å²) in [5, 5.41) is 0. The number of hydrogen-bond donors (Lipinski definition) is 0. The molecule has 0 saturated heterocycles. The van der Waals surface area contributed by atoms with E-state index in [4.69, 9.17) is 4.74 Å². The fourth-order valence-corrected chi connectivity index (χ4v) is 4.43. The Morgan fingerprint density at radius 1 is 1.11 bits per heavy atom. The Kier molecular flexibility index (Phi) is 6.80. The van der Waals surface area contributed by atoms with Crippen molar-refractivity contribution in [3.05, 3.63) is 62.9 Å². The van der Waals surface area contributed by atoms with Gasteiger partial charge in [0.25, 0.3) is 5.91 Å². The summed E-state index contributed by atoms with van der Waals surface area (Å²) in [5.74, 6) is -0.596. The van der Waals surface area contributed by atoms with E-state index in [2.05, 4.69) is 27.8 Å². The maximum Gasteiger partial charge on any atom is 0.326 e. The number of carbonyl (C=O) groups excluding carboxylic acids is 2. The van der Waals surface area contributed by atoms with Crippen LogP contribution in [0.1, 0.15) is 25.0 Å². The standard InChI is InChI=1S/C21H21BrN2O3S/c1-3-14-5-7-15(8-6-14)11-19(25)23-21-24(13-20(26)27-4-2)17-10-9-16(22)12-18(17)28-21/h5-10,12H,3-4,11,13H2,1-2H3. The number of halogens is 1. The summed E-state index contributed by atoms with van der Waals surface area (Å²) in [6.07, 6.45) is 1.19. The SMILES string of the molecule is CCOC(=O)Cn1c(=NC(=O)Cc2ccc(CC)cc2)sc2cc(Br)ccc21. The number of esters is 1. The Balaban J connectivity index is 1.94. The summed E-state index contributed by atoms with van der Waals surface area (Å²) < 4.78 is 8.68. The van der Waals surface area contributed by atoms with Crippen LogP contribution < -0.4 is 4.80 Å². The van der Waals surface area contributed by atoms with E-state index >= 15 is 0 Å². The lowest BCUT2D eigenvalue weighted by molar-refractivity contribution is -0.143. The molecule has 146 valence electrons. The fraction of sp³-hybridized carbons (Fsp3) is 0.286. The molecule has 1 aromatic heterocycles. The van der Waals surface area contributed by atoms with Crippen LogP contribution >= 0.6 is 27.3 Å². The van der Waals surface area contributed by atoms with Crippen molar-refractivity contribution < 1.29 is 14.3 Å². The molecule has 0 spiro atoms. The van der Waals surface area contributed by atoms with E-state index in [1.54, 1.807) is 11.5 Å². The molecule has 0 aliphatic carbocycles. The highest BCUT2D eigenvalue weighted by Gasteiger charge is 2.13. The molecule has 3 rings (SSSR count). The van der Waals surface area contributed by atoms with Gasteiger partial charge >= 0.3 is 5.97 Å². The highest BCUT2D eigenvalue weighted by Crippen LogP contribution is 2.22. The number of aryl methyl sites for hydroxylation is 1. The molecule has 0 unspecified atom stereocenters. The van der Waals surface area contributed by atoms with Crippen LogP contribution in [0.3, 0.4) is 0 Å². The molecule has 2 aromatic carbocycles. The number of hydrogen-bond acceptors (Lipinski definition) is 4. The van der Waals surface area contributed by atoms with E-state index in [9.17, 15) is 9.59 Å². The highest BCUT2D eigenvalue weighted by molar-refractivity contribution is 9.10. The molecule has 0 aliphatic rings. The molecule has 3 aromatic rings. The van der Waals surface area contributed by atoms with E-state index in [0.29, 0.717) is 11.4 Å². The van der Waals surface area contributed by atoms with Crippen LogP contribution in [0.4, 0.5) is 0 Å². The number of fused-ring (bicyclic) bond motifs is 1. The number of rotatable bonds is 6. The van der Waals surface area contributed by atoms with Gasteiger partial charge in [-0.1, -0.05) is 58.5 Å². The second-order valence-corrected chi connectivity index (χ2v) is 8.16. The third-order valence-corrected chi connectivity index (χ3v) is 5.78. The normalized spacial score (nSPS) is 11.8. The minimum atomic E-state index is -0.353. The van der Waals surface area contributed by atoms with Crippen LogP contribution in [-0.2, 0) is 33.7 Å². The molecule has 0 atom stereocenters. The van der Waals surface area contributed by atoms with Gasteiger partial charge in [0.15, 0.2) is 4.80 Å². The average molecular weight is 461 g/mol. The first-order valence-corrected chi connectivity index (χ1v) is 10.7. The summed E-state index contributed by atoms with van der Waals surface area (Å²) in [5.41, 5.74) is 3.00. The lowest BCUT2D eigenvalue weighted by Crippen LogP contribution is -2.23. The zero-order valence-corrected chi connectivity index (χ0v) is 18.2. The predicted molar refractivity (Wildman–Crippen MR) is 114 cm³/mol. The van der Waals surface area contributed by atoms with Crippen molar-refractivity contribution in [1.29, 1.82) is 0 Å². The van der Waals surface area contributed by atoms with E-state index in [0.717, 1.165) is 26.7 Å². The van der Waals surface area contributed by atoms with Gasteiger partial charge in [-0.15, -0.1) is 0 Å². The zero-order chi connectivity index (χ0) is 20.1. The van der Waals surface area contributed by atoms with Crippen LogP contribution in [0.25, 0.3) is 10.2 Å². The third kappa shape index (κ3) is 4.97. The lowest BCUT2D eigenvalue weighted by Gasteiger charge is -2.05. The molecular formula is C21H21BrN2O3S. The van der Waals surface area contributed by atoms with Crippen molar-refractivity contribution in [3.8, 4) is 0 Å². The smallest absolute Gasteiger partial charge is 0.326 e. The van der Waals surface area contributed by atoms with E-state index in [-0.39, 0.29) is 24.8 Å². The van der Waals surface area contributed by atoms with E-state index < -0.39 is 0 Å². The quantitative estimate of drug-likeness (QED) is 0.516. The molecule has 0 bridgehead atoms. The second-order valence-electron chi connectivity index (χ2n) is 6.24. The minimum absolute atomic E-state index is 0.0206. The fourth-order valence-electron chi connectivity index (χ4n) is 2.83. The van der Waals surface area contributed by atoms with Gasteiger partial charge in [-0.25, -0.2) is 0 Å². The number of thiazole rings is 1. The monoisotopic (exact) mass is 460 g/mol. The number of ether oxygens (including phenoxy) is 1. The highest BCUT2D eigenvalue weighted by atomic mass is 79.9. The predicted octanol–water partition coefficient (Wildman–Crippen LogP) is 4.26. The first-order valence-electron chi connectivity index (χ1n) is 9.10. The largest absolute Gasteiger partial charge is 0.465 e. The van der Waals surface area contributed by atoms with E-state index in [1.807, 2.05) is 42.5 Å². The summed E-state index contributed by atoms with van der Waals surface area (Å²) in [6, 6.07) is 13.7. The Morgan fingerprint density at radius 2 is 1.82 bits per heavy atom. The van der Waals surface area contributed by atoms with Crippen molar-refractivity contribution in [2.45, 2.75) is 33.2 Å². The van der Waals surface area contributed by atoms with Crippen LogP contribution in [0, 0.1) is 0 Å². The summed E-state index contributed by atoms with van der Waals surface area (Å²) in [4.78, 5) is 29.4. The lowest BCUT2D eigenvalue weighted by atomic mass is 10.1. The van der Waals surface area contributed by atoms with Gasteiger partial charge in [-0.2, -0.15) is 4.99 Å². The maximum atomic E-state index is 12.5. The summed E-state index contributed by atoms with van der Waals surface area (Å²) in [6.45, 7) is 4.20. The van der Waals surface area contributed by atoms with Gasteiger partial charge in [0.2, 0.25) is 0 Å². The third-order valence-electron chi connectivity index (χ3n) is 4.24. The van der Waals surface area contributed by atoms with Gasteiger partial charge in [0.1, 0.15) is 6.54 Å². The minimum Gasteiger partial charge on any atom is -0.465 e. The zero-order valence-electron chi connectivity index (χ0n) is 15.8.